The second-order valence-electron chi connectivity index (χ2n) is 5.18. The molecule has 0 saturated carbocycles. The molecule has 2 rings (SSSR count). The van der Waals surface area contributed by atoms with Crippen molar-refractivity contribution in [3.05, 3.63) is 36.7 Å². The van der Waals surface area contributed by atoms with Gasteiger partial charge in [0.1, 0.15) is 0 Å². The Hall–Kier alpha value is -1.81. The zero-order chi connectivity index (χ0) is 13.2. The summed E-state index contributed by atoms with van der Waals surface area (Å²) in [7, 11) is 0. The van der Waals surface area contributed by atoms with Gasteiger partial charge in [-0.05, 0) is 38.0 Å². The van der Waals surface area contributed by atoms with Gasteiger partial charge in [0.2, 0.25) is 0 Å². The van der Waals surface area contributed by atoms with Crippen LogP contribution in [0.3, 0.4) is 0 Å². The monoisotopic (exact) mass is 245 g/mol. The molecule has 4 nitrogen and oxygen atoms in total. The second kappa shape index (κ2) is 4.82. The SMILES string of the molecule is CC(C)(O)CCn1cc(-c2cccc(N)c2)cn1. The highest BCUT2D eigenvalue weighted by atomic mass is 16.3. The van der Waals surface area contributed by atoms with Crippen LogP contribution in [0.15, 0.2) is 36.7 Å². The van der Waals surface area contributed by atoms with Crippen LogP contribution in [0.1, 0.15) is 20.3 Å². The first-order valence-electron chi connectivity index (χ1n) is 6.05. The average molecular weight is 245 g/mol. The normalized spacial score (nSPS) is 11.7. The number of nitrogen functional groups attached to an aromatic ring is 1. The highest BCUT2D eigenvalue weighted by Gasteiger charge is 2.12. The lowest BCUT2D eigenvalue weighted by atomic mass is 10.1. The molecule has 96 valence electrons. The number of anilines is 1. The molecule has 0 aliphatic carbocycles. The predicted octanol–water partition coefficient (Wildman–Crippen LogP) is 2.29. The smallest absolute Gasteiger partial charge is 0.0609 e. The van der Waals surface area contributed by atoms with E-state index >= 15 is 0 Å². The van der Waals surface area contributed by atoms with Crippen molar-refractivity contribution in [1.82, 2.24) is 9.78 Å². The van der Waals surface area contributed by atoms with E-state index in [2.05, 4.69) is 5.10 Å². The number of hydrogen-bond donors (Lipinski definition) is 2. The molecule has 0 fully saturated rings. The van der Waals surface area contributed by atoms with Gasteiger partial charge in [0.05, 0.1) is 11.8 Å². The van der Waals surface area contributed by atoms with Crippen molar-refractivity contribution in [2.75, 3.05) is 5.73 Å². The van der Waals surface area contributed by atoms with E-state index in [1.807, 2.05) is 41.3 Å². The highest BCUT2D eigenvalue weighted by molar-refractivity contribution is 5.65. The van der Waals surface area contributed by atoms with Crippen molar-refractivity contribution >= 4 is 5.69 Å². The molecule has 0 unspecified atom stereocenters. The largest absolute Gasteiger partial charge is 0.399 e. The standard InChI is InChI=1S/C14H19N3O/c1-14(2,18)6-7-17-10-12(9-16-17)11-4-3-5-13(15)8-11/h3-5,8-10,18H,6-7,15H2,1-2H3. The number of hydrogen-bond acceptors (Lipinski definition) is 3. The molecule has 0 saturated heterocycles. The fourth-order valence-electron chi connectivity index (χ4n) is 1.74. The van der Waals surface area contributed by atoms with Crippen molar-refractivity contribution < 1.29 is 5.11 Å². The summed E-state index contributed by atoms with van der Waals surface area (Å²) in [5.74, 6) is 0. The lowest BCUT2D eigenvalue weighted by molar-refractivity contribution is 0.0651. The van der Waals surface area contributed by atoms with Crippen LogP contribution in [-0.4, -0.2) is 20.5 Å². The van der Waals surface area contributed by atoms with Crippen LogP contribution in [0, 0.1) is 0 Å². The van der Waals surface area contributed by atoms with Crippen LogP contribution in [0.25, 0.3) is 11.1 Å². The maximum absolute atomic E-state index is 9.68. The van der Waals surface area contributed by atoms with Gasteiger partial charge >= 0.3 is 0 Å². The highest BCUT2D eigenvalue weighted by Crippen LogP contribution is 2.21. The van der Waals surface area contributed by atoms with Crippen molar-refractivity contribution in [3.63, 3.8) is 0 Å². The first kappa shape index (κ1) is 12.6. The average Bonchev–Trinajstić information content (AvgIpc) is 2.74. The van der Waals surface area contributed by atoms with Crippen LogP contribution >= 0.6 is 0 Å². The van der Waals surface area contributed by atoms with E-state index in [4.69, 9.17) is 5.73 Å². The fourth-order valence-corrected chi connectivity index (χ4v) is 1.74. The van der Waals surface area contributed by atoms with Crippen molar-refractivity contribution in [1.29, 1.82) is 0 Å². The minimum atomic E-state index is -0.663. The summed E-state index contributed by atoms with van der Waals surface area (Å²) in [6.07, 6.45) is 4.46. The Kier molecular flexibility index (Phi) is 3.39. The number of nitrogens with zero attached hydrogens (tertiary/aromatic N) is 2. The van der Waals surface area contributed by atoms with E-state index in [0.717, 1.165) is 16.8 Å². The van der Waals surface area contributed by atoms with E-state index in [-0.39, 0.29) is 0 Å². The molecule has 0 radical (unpaired) electrons. The Balaban J connectivity index is 2.11. The molecule has 3 N–H and O–H groups in total. The van der Waals surface area contributed by atoms with Gasteiger partial charge in [0, 0.05) is 24.0 Å². The number of rotatable bonds is 4. The molecular weight excluding hydrogens is 226 g/mol. The molecule has 18 heavy (non-hydrogen) atoms. The molecule has 2 aromatic rings. The van der Waals surface area contributed by atoms with E-state index in [1.165, 1.54) is 0 Å². The van der Waals surface area contributed by atoms with E-state index in [0.29, 0.717) is 13.0 Å². The van der Waals surface area contributed by atoms with Gasteiger partial charge in [-0.15, -0.1) is 0 Å². The molecule has 4 heteroatoms. The van der Waals surface area contributed by atoms with Gasteiger partial charge in [-0.1, -0.05) is 12.1 Å². The van der Waals surface area contributed by atoms with Gasteiger partial charge in [0.15, 0.2) is 0 Å². The van der Waals surface area contributed by atoms with Gasteiger partial charge in [-0.2, -0.15) is 5.10 Å². The van der Waals surface area contributed by atoms with E-state index < -0.39 is 5.60 Å². The fraction of sp³-hybridized carbons (Fsp3) is 0.357. The Morgan fingerprint density at radius 2 is 2.11 bits per heavy atom. The predicted molar refractivity (Wildman–Crippen MR) is 73.0 cm³/mol. The molecule has 1 aromatic carbocycles. The number of aryl methyl sites for hydroxylation is 1. The molecule has 0 aliphatic heterocycles. The summed E-state index contributed by atoms with van der Waals surface area (Å²) in [5.41, 5.74) is 7.94. The first-order chi connectivity index (χ1) is 8.44. The summed E-state index contributed by atoms with van der Waals surface area (Å²) in [6, 6.07) is 7.73. The first-order valence-corrected chi connectivity index (χ1v) is 6.05. The quantitative estimate of drug-likeness (QED) is 0.812. The van der Waals surface area contributed by atoms with Gasteiger partial charge in [0.25, 0.3) is 0 Å². The third kappa shape index (κ3) is 3.34. The van der Waals surface area contributed by atoms with E-state index in [1.54, 1.807) is 13.8 Å². The third-order valence-electron chi connectivity index (χ3n) is 2.81. The minimum Gasteiger partial charge on any atom is -0.399 e. The molecule has 1 aromatic heterocycles. The van der Waals surface area contributed by atoms with Crippen molar-refractivity contribution in [2.24, 2.45) is 0 Å². The Morgan fingerprint density at radius 3 is 2.78 bits per heavy atom. The molecule has 0 aliphatic rings. The zero-order valence-electron chi connectivity index (χ0n) is 10.8. The summed E-state index contributed by atoms with van der Waals surface area (Å²) in [6.45, 7) is 4.30. The maximum atomic E-state index is 9.68. The molecular formula is C14H19N3O. The Morgan fingerprint density at radius 1 is 1.33 bits per heavy atom. The van der Waals surface area contributed by atoms with Gasteiger partial charge in [-0.25, -0.2) is 0 Å². The zero-order valence-corrected chi connectivity index (χ0v) is 10.8. The molecule has 1 heterocycles. The number of aromatic nitrogens is 2. The third-order valence-corrected chi connectivity index (χ3v) is 2.81. The summed E-state index contributed by atoms with van der Waals surface area (Å²) in [4.78, 5) is 0. The lowest BCUT2D eigenvalue weighted by Gasteiger charge is -2.16. The summed E-state index contributed by atoms with van der Waals surface area (Å²) in [5, 5.41) is 14.0. The summed E-state index contributed by atoms with van der Waals surface area (Å²) >= 11 is 0. The van der Waals surface area contributed by atoms with E-state index in [9.17, 15) is 5.11 Å². The molecule has 0 spiro atoms. The number of benzene rings is 1. The Bertz CT molecular complexity index is 526. The molecule has 0 atom stereocenters. The van der Waals surface area contributed by atoms with Crippen molar-refractivity contribution in [3.8, 4) is 11.1 Å². The maximum Gasteiger partial charge on any atom is 0.0609 e. The van der Waals surface area contributed by atoms with Crippen LogP contribution in [0.2, 0.25) is 0 Å². The van der Waals surface area contributed by atoms with Crippen LogP contribution in [0.4, 0.5) is 5.69 Å². The lowest BCUT2D eigenvalue weighted by Crippen LogP contribution is -2.21. The topological polar surface area (TPSA) is 64.1 Å². The summed E-state index contributed by atoms with van der Waals surface area (Å²) < 4.78 is 1.84. The minimum absolute atomic E-state index is 0.663. The number of aliphatic hydroxyl groups is 1. The Labute approximate surface area is 107 Å². The molecule has 0 bridgehead atoms. The van der Waals surface area contributed by atoms with Crippen LogP contribution in [-0.2, 0) is 6.54 Å². The second-order valence-corrected chi connectivity index (χ2v) is 5.18. The number of nitrogens with two attached hydrogens (primary N) is 1. The van der Waals surface area contributed by atoms with Crippen LogP contribution in [0.5, 0.6) is 0 Å². The van der Waals surface area contributed by atoms with Crippen molar-refractivity contribution in [2.45, 2.75) is 32.4 Å². The van der Waals surface area contributed by atoms with Gasteiger partial charge < -0.3 is 10.8 Å². The molecule has 0 amide bonds. The van der Waals surface area contributed by atoms with Crippen LogP contribution < -0.4 is 5.73 Å². The van der Waals surface area contributed by atoms with Gasteiger partial charge in [-0.3, -0.25) is 4.68 Å².